The Labute approximate surface area is 57.3 Å². The quantitative estimate of drug-likeness (QED) is 0.477. The molecule has 1 rings (SSSR count). The van der Waals surface area contributed by atoms with Crippen molar-refractivity contribution in [2.24, 2.45) is 0 Å². The second kappa shape index (κ2) is 2.93. The maximum absolute atomic E-state index is 8.67. The fraction of sp³-hybridized carbons (Fsp3) is 0. The van der Waals surface area contributed by atoms with Gasteiger partial charge in [0.25, 0.3) is 0 Å². The summed E-state index contributed by atoms with van der Waals surface area (Å²) in [5, 5.41) is 26.0. The smallest absolute Gasteiger partial charge is 0.122 e. The Kier molecular flexibility index (Phi) is 2.52. The van der Waals surface area contributed by atoms with Gasteiger partial charge in [0.2, 0.25) is 0 Å². The third kappa shape index (κ3) is 1.83. The molecule has 10 heavy (non-hydrogen) atoms. The Hall–Kier alpha value is -1.42. The molecule has 0 spiro atoms. The minimum Gasteiger partial charge on any atom is -0.508 e. The SMILES string of the molecule is O.Oc1cc(O)cc(O)c1. The van der Waals surface area contributed by atoms with Crippen LogP contribution in [0.4, 0.5) is 0 Å². The molecule has 56 valence electrons. The Bertz CT molecular complexity index is 171. The van der Waals surface area contributed by atoms with Crippen molar-refractivity contribution in [2.75, 3.05) is 0 Å². The highest BCUT2D eigenvalue weighted by molar-refractivity contribution is 5.39. The number of phenols is 3. The Morgan fingerprint density at radius 2 is 0.900 bits per heavy atom. The Morgan fingerprint density at radius 1 is 0.700 bits per heavy atom. The van der Waals surface area contributed by atoms with Gasteiger partial charge in [-0.25, -0.2) is 0 Å². The number of aromatic hydroxyl groups is 3. The molecule has 4 nitrogen and oxygen atoms in total. The molecule has 0 atom stereocenters. The minimum absolute atomic E-state index is 0. The first-order valence-corrected chi connectivity index (χ1v) is 2.40. The van der Waals surface area contributed by atoms with Crippen LogP contribution in [0.15, 0.2) is 18.2 Å². The van der Waals surface area contributed by atoms with E-state index in [1.807, 2.05) is 0 Å². The van der Waals surface area contributed by atoms with Gasteiger partial charge in [0.05, 0.1) is 0 Å². The van der Waals surface area contributed by atoms with Crippen molar-refractivity contribution in [1.82, 2.24) is 0 Å². The maximum atomic E-state index is 8.67. The minimum atomic E-state index is -0.146. The maximum Gasteiger partial charge on any atom is 0.122 e. The molecule has 4 heteroatoms. The van der Waals surface area contributed by atoms with Gasteiger partial charge in [0.1, 0.15) is 17.2 Å². The summed E-state index contributed by atoms with van der Waals surface area (Å²) in [6.07, 6.45) is 0. The Morgan fingerprint density at radius 3 is 1.10 bits per heavy atom. The van der Waals surface area contributed by atoms with Crippen LogP contribution in [0.25, 0.3) is 0 Å². The summed E-state index contributed by atoms with van der Waals surface area (Å²) in [4.78, 5) is 0. The summed E-state index contributed by atoms with van der Waals surface area (Å²) >= 11 is 0. The van der Waals surface area contributed by atoms with Crippen molar-refractivity contribution >= 4 is 0 Å². The van der Waals surface area contributed by atoms with Gasteiger partial charge in [-0.2, -0.15) is 0 Å². The standard InChI is InChI=1S/C6H6O3.H2O/c7-4-1-5(8)3-6(9)2-4;/h1-3,7-9H;1H2. The van der Waals surface area contributed by atoms with E-state index in [4.69, 9.17) is 15.3 Å². The van der Waals surface area contributed by atoms with Crippen LogP contribution in [0, 0.1) is 0 Å². The highest BCUT2D eigenvalue weighted by atomic mass is 16.3. The van der Waals surface area contributed by atoms with E-state index in [0.717, 1.165) is 18.2 Å². The highest BCUT2D eigenvalue weighted by Gasteiger charge is 1.94. The highest BCUT2D eigenvalue weighted by Crippen LogP contribution is 2.23. The average molecular weight is 144 g/mol. The molecule has 0 aromatic heterocycles. The lowest BCUT2D eigenvalue weighted by atomic mass is 10.3. The molecule has 0 aliphatic rings. The predicted octanol–water partition coefficient (Wildman–Crippen LogP) is -0.0213. The van der Waals surface area contributed by atoms with E-state index in [1.165, 1.54) is 0 Å². The summed E-state index contributed by atoms with van der Waals surface area (Å²) in [7, 11) is 0. The molecule has 1 aromatic rings. The molecule has 0 saturated carbocycles. The van der Waals surface area contributed by atoms with Crippen molar-refractivity contribution in [1.29, 1.82) is 0 Å². The molecule has 0 heterocycles. The lowest BCUT2D eigenvalue weighted by Crippen LogP contribution is -1.66. The van der Waals surface area contributed by atoms with E-state index in [9.17, 15) is 0 Å². The first kappa shape index (κ1) is 8.58. The molecule has 0 saturated heterocycles. The second-order valence-electron chi connectivity index (χ2n) is 1.71. The summed E-state index contributed by atoms with van der Waals surface area (Å²) in [5.41, 5.74) is 0. The molecule has 0 bridgehead atoms. The molecular formula is C6H8O4. The van der Waals surface area contributed by atoms with Crippen molar-refractivity contribution < 1.29 is 20.8 Å². The molecule has 1 aromatic carbocycles. The monoisotopic (exact) mass is 144 g/mol. The largest absolute Gasteiger partial charge is 0.508 e. The molecule has 0 radical (unpaired) electrons. The topological polar surface area (TPSA) is 92.2 Å². The number of benzene rings is 1. The second-order valence-corrected chi connectivity index (χ2v) is 1.71. The van der Waals surface area contributed by atoms with Crippen molar-refractivity contribution in [3.05, 3.63) is 18.2 Å². The van der Waals surface area contributed by atoms with Crippen LogP contribution in [-0.4, -0.2) is 20.8 Å². The van der Waals surface area contributed by atoms with Crippen LogP contribution in [0.1, 0.15) is 0 Å². The van der Waals surface area contributed by atoms with E-state index in [2.05, 4.69) is 0 Å². The summed E-state index contributed by atoms with van der Waals surface area (Å²) in [5.74, 6) is -0.437. The average Bonchev–Trinajstić information content (AvgIpc) is 1.59. The molecule has 0 aliphatic carbocycles. The predicted molar refractivity (Wildman–Crippen MR) is 35.1 cm³/mol. The van der Waals surface area contributed by atoms with Gasteiger partial charge < -0.3 is 20.8 Å². The number of hydrogen-bond acceptors (Lipinski definition) is 3. The first-order chi connectivity index (χ1) is 4.18. The van der Waals surface area contributed by atoms with Gasteiger partial charge >= 0.3 is 0 Å². The zero-order valence-corrected chi connectivity index (χ0v) is 5.07. The van der Waals surface area contributed by atoms with Crippen LogP contribution >= 0.6 is 0 Å². The van der Waals surface area contributed by atoms with Crippen LogP contribution in [0.3, 0.4) is 0 Å². The van der Waals surface area contributed by atoms with E-state index in [-0.39, 0.29) is 22.7 Å². The lowest BCUT2D eigenvalue weighted by Gasteiger charge is -1.94. The third-order valence-corrected chi connectivity index (χ3v) is 0.887. The first-order valence-electron chi connectivity index (χ1n) is 2.40. The van der Waals surface area contributed by atoms with Gasteiger partial charge in [0, 0.05) is 18.2 Å². The van der Waals surface area contributed by atoms with E-state index in [0.29, 0.717) is 0 Å². The molecule has 0 aliphatic heterocycles. The van der Waals surface area contributed by atoms with Crippen LogP contribution in [-0.2, 0) is 0 Å². The van der Waals surface area contributed by atoms with Crippen LogP contribution in [0.2, 0.25) is 0 Å². The van der Waals surface area contributed by atoms with Gasteiger partial charge in [0.15, 0.2) is 0 Å². The van der Waals surface area contributed by atoms with E-state index >= 15 is 0 Å². The van der Waals surface area contributed by atoms with Crippen molar-refractivity contribution in [3.8, 4) is 17.2 Å². The van der Waals surface area contributed by atoms with Gasteiger partial charge in [-0.05, 0) is 0 Å². The Balaban J connectivity index is 0.000000810. The zero-order valence-electron chi connectivity index (χ0n) is 5.07. The number of phenolic OH excluding ortho intramolecular Hbond substituents is 3. The molecule has 0 fully saturated rings. The van der Waals surface area contributed by atoms with Gasteiger partial charge in [-0.3, -0.25) is 0 Å². The summed E-state index contributed by atoms with van der Waals surface area (Å²) in [6, 6.07) is 3.42. The zero-order chi connectivity index (χ0) is 6.85. The van der Waals surface area contributed by atoms with Crippen LogP contribution < -0.4 is 0 Å². The third-order valence-electron chi connectivity index (χ3n) is 0.887. The molecular weight excluding hydrogens is 136 g/mol. The normalized spacial score (nSPS) is 8.40. The van der Waals surface area contributed by atoms with Crippen molar-refractivity contribution in [3.63, 3.8) is 0 Å². The van der Waals surface area contributed by atoms with Crippen molar-refractivity contribution in [2.45, 2.75) is 0 Å². The number of hydrogen-bond donors (Lipinski definition) is 3. The number of rotatable bonds is 0. The lowest BCUT2D eigenvalue weighted by molar-refractivity contribution is 0.428. The molecule has 0 unspecified atom stereocenters. The van der Waals surface area contributed by atoms with E-state index in [1.54, 1.807) is 0 Å². The summed E-state index contributed by atoms with van der Waals surface area (Å²) < 4.78 is 0. The molecule has 0 amide bonds. The fourth-order valence-electron chi connectivity index (χ4n) is 0.580. The van der Waals surface area contributed by atoms with Crippen LogP contribution in [0.5, 0.6) is 17.2 Å². The molecule has 5 N–H and O–H groups in total. The summed E-state index contributed by atoms with van der Waals surface area (Å²) in [6.45, 7) is 0. The van der Waals surface area contributed by atoms with E-state index < -0.39 is 0 Å². The fourth-order valence-corrected chi connectivity index (χ4v) is 0.580. The van der Waals surface area contributed by atoms with Gasteiger partial charge in [-0.1, -0.05) is 0 Å². The van der Waals surface area contributed by atoms with Gasteiger partial charge in [-0.15, -0.1) is 0 Å².